The van der Waals surface area contributed by atoms with Gasteiger partial charge in [0.05, 0.1) is 22.9 Å². The summed E-state index contributed by atoms with van der Waals surface area (Å²) in [4.78, 5) is 12.7. The number of rotatable bonds is 5. The first kappa shape index (κ1) is 14.8. The number of hydrogen-bond donors (Lipinski definition) is 0. The van der Waals surface area contributed by atoms with Crippen LogP contribution in [0.25, 0.3) is 6.08 Å². The average molecular weight is 353 g/mol. The molecule has 0 bridgehead atoms. The van der Waals surface area contributed by atoms with E-state index >= 15 is 0 Å². The Hall–Kier alpha value is -1.59. The summed E-state index contributed by atoms with van der Waals surface area (Å²) in [5.74, 6) is 1.22. The quantitative estimate of drug-likeness (QED) is 0.590. The van der Waals surface area contributed by atoms with Gasteiger partial charge in [0.15, 0.2) is 17.3 Å². The fourth-order valence-corrected chi connectivity index (χ4v) is 3.04. The van der Waals surface area contributed by atoms with E-state index in [2.05, 4.69) is 15.9 Å². The Balaban J connectivity index is 2.25. The summed E-state index contributed by atoms with van der Waals surface area (Å²) in [5.41, 5.74) is 0.802. The molecule has 0 fully saturated rings. The number of ether oxygens (including phenoxy) is 2. The maximum Gasteiger partial charge on any atom is 0.195 e. The lowest BCUT2D eigenvalue weighted by molar-refractivity contribution is 0.105. The Kier molecular flexibility index (Phi) is 4.98. The highest BCUT2D eigenvalue weighted by molar-refractivity contribution is 9.11. The zero-order valence-corrected chi connectivity index (χ0v) is 13.5. The van der Waals surface area contributed by atoms with E-state index in [9.17, 15) is 4.79 Å². The molecule has 0 unspecified atom stereocenters. The van der Waals surface area contributed by atoms with Gasteiger partial charge in [-0.15, -0.1) is 11.3 Å². The van der Waals surface area contributed by atoms with Crippen LogP contribution in [0.4, 0.5) is 0 Å². The van der Waals surface area contributed by atoms with Crippen molar-refractivity contribution in [1.82, 2.24) is 0 Å². The molecule has 0 radical (unpaired) electrons. The molecule has 104 valence electrons. The minimum Gasteiger partial charge on any atom is -0.493 e. The van der Waals surface area contributed by atoms with E-state index in [-0.39, 0.29) is 5.78 Å². The normalized spacial score (nSPS) is 10.8. The van der Waals surface area contributed by atoms with Crippen LogP contribution < -0.4 is 9.47 Å². The van der Waals surface area contributed by atoms with Crippen LogP contribution in [0, 0.1) is 0 Å². The Bertz CT molecular complexity index is 646. The van der Waals surface area contributed by atoms with Crippen molar-refractivity contribution in [3.05, 3.63) is 50.6 Å². The van der Waals surface area contributed by atoms with E-state index in [0.717, 1.165) is 9.35 Å². The first-order chi connectivity index (χ1) is 9.65. The molecule has 3 nitrogen and oxygen atoms in total. The first-order valence-corrected chi connectivity index (χ1v) is 7.45. The molecule has 1 aromatic heterocycles. The van der Waals surface area contributed by atoms with Crippen molar-refractivity contribution in [3.8, 4) is 11.5 Å². The minimum absolute atomic E-state index is 0.0365. The third kappa shape index (κ3) is 3.29. The molecule has 0 saturated carbocycles. The monoisotopic (exact) mass is 352 g/mol. The molecular formula is C15H13BrO3S. The Morgan fingerprint density at radius 3 is 2.60 bits per heavy atom. The van der Waals surface area contributed by atoms with Crippen LogP contribution in [0.3, 0.4) is 0 Å². The predicted octanol–water partition coefficient (Wildman–Crippen LogP) is 4.42. The molecule has 0 saturated heterocycles. The summed E-state index contributed by atoms with van der Waals surface area (Å²) in [6.07, 6.45) is 3.27. The SMILES string of the molecule is COc1cccc(C=CC(=O)c2ccc(Br)s2)c1OC. The van der Waals surface area contributed by atoms with Crippen molar-refractivity contribution in [3.63, 3.8) is 0 Å². The number of carbonyl (C=O) groups is 1. The lowest BCUT2D eigenvalue weighted by Gasteiger charge is -2.09. The maximum absolute atomic E-state index is 12.0. The molecule has 0 aliphatic rings. The van der Waals surface area contributed by atoms with Gasteiger partial charge in [-0.05, 0) is 46.3 Å². The molecule has 5 heteroatoms. The lowest BCUT2D eigenvalue weighted by Crippen LogP contribution is -1.93. The second-order valence-corrected chi connectivity index (χ2v) is 6.35. The molecule has 0 aliphatic carbocycles. The fourth-order valence-electron chi connectivity index (χ4n) is 1.74. The summed E-state index contributed by atoms with van der Waals surface area (Å²) in [6.45, 7) is 0. The number of benzene rings is 1. The number of thiophene rings is 1. The van der Waals surface area contributed by atoms with Crippen LogP contribution in [0.2, 0.25) is 0 Å². The van der Waals surface area contributed by atoms with Crippen molar-refractivity contribution in [2.75, 3.05) is 14.2 Å². The van der Waals surface area contributed by atoms with Gasteiger partial charge in [0.2, 0.25) is 0 Å². The third-order valence-electron chi connectivity index (χ3n) is 2.66. The largest absolute Gasteiger partial charge is 0.493 e. The second kappa shape index (κ2) is 6.72. The average Bonchev–Trinajstić information content (AvgIpc) is 2.90. The van der Waals surface area contributed by atoms with Crippen LogP contribution in [-0.4, -0.2) is 20.0 Å². The van der Waals surface area contributed by atoms with E-state index in [4.69, 9.17) is 9.47 Å². The first-order valence-electron chi connectivity index (χ1n) is 5.84. The highest BCUT2D eigenvalue weighted by Gasteiger charge is 2.08. The lowest BCUT2D eigenvalue weighted by atomic mass is 10.1. The Labute approximate surface area is 130 Å². The second-order valence-electron chi connectivity index (χ2n) is 3.88. The molecule has 1 heterocycles. The number of hydrogen-bond acceptors (Lipinski definition) is 4. The molecule has 2 aromatic rings. The van der Waals surface area contributed by atoms with Gasteiger partial charge in [0.25, 0.3) is 0 Å². The van der Waals surface area contributed by atoms with Crippen LogP contribution in [0.1, 0.15) is 15.2 Å². The molecule has 2 rings (SSSR count). The van der Waals surface area contributed by atoms with Gasteiger partial charge in [0.1, 0.15) is 0 Å². The summed E-state index contributed by atoms with van der Waals surface area (Å²) in [7, 11) is 3.16. The van der Waals surface area contributed by atoms with Crippen molar-refractivity contribution < 1.29 is 14.3 Å². The van der Waals surface area contributed by atoms with Crippen LogP contribution in [0.15, 0.2) is 40.2 Å². The maximum atomic E-state index is 12.0. The molecule has 0 atom stereocenters. The number of methoxy groups -OCH3 is 2. The van der Waals surface area contributed by atoms with E-state index in [1.807, 2.05) is 24.3 Å². The predicted molar refractivity (Wildman–Crippen MR) is 84.9 cm³/mol. The number of ketones is 1. The highest BCUT2D eigenvalue weighted by Crippen LogP contribution is 2.31. The highest BCUT2D eigenvalue weighted by atomic mass is 79.9. The van der Waals surface area contributed by atoms with Crippen LogP contribution >= 0.6 is 27.3 Å². The van der Waals surface area contributed by atoms with Crippen molar-refractivity contribution in [2.24, 2.45) is 0 Å². The number of halogens is 1. The van der Waals surface area contributed by atoms with Crippen molar-refractivity contribution in [1.29, 1.82) is 0 Å². The molecule has 0 amide bonds. The van der Waals surface area contributed by atoms with Gasteiger partial charge in [-0.25, -0.2) is 0 Å². The van der Waals surface area contributed by atoms with Gasteiger partial charge in [-0.3, -0.25) is 4.79 Å². The van der Waals surface area contributed by atoms with Gasteiger partial charge < -0.3 is 9.47 Å². The van der Waals surface area contributed by atoms with Crippen molar-refractivity contribution >= 4 is 39.1 Å². The molecule has 0 spiro atoms. The zero-order valence-electron chi connectivity index (χ0n) is 11.1. The standard InChI is InChI=1S/C15H13BrO3S/c1-18-12-5-3-4-10(15(12)19-2)6-7-11(17)13-8-9-14(16)20-13/h3-9H,1-2H3. The summed E-state index contributed by atoms with van der Waals surface area (Å²) >= 11 is 4.75. The van der Waals surface area contributed by atoms with E-state index in [0.29, 0.717) is 16.4 Å². The van der Waals surface area contributed by atoms with E-state index in [1.54, 1.807) is 26.4 Å². The van der Waals surface area contributed by atoms with Gasteiger partial charge in [-0.2, -0.15) is 0 Å². The zero-order chi connectivity index (χ0) is 14.5. The summed E-state index contributed by atoms with van der Waals surface area (Å²) in [5, 5.41) is 0. The number of allylic oxidation sites excluding steroid dienone is 1. The fraction of sp³-hybridized carbons (Fsp3) is 0.133. The molecule has 20 heavy (non-hydrogen) atoms. The number of para-hydroxylation sites is 1. The molecule has 1 aromatic carbocycles. The number of carbonyl (C=O) groups excluding carboxylic acids is 1. The summed E-state index contributed by atoms with van der Waals surface area (Å²) in [6, 6.07) is 9.19. The van der Waals surface area contributed by atoms with Crippen LogP contribution in [-0.2, 0) is 0 Å². The topological polar surface area (TPSA) is 35.5 Å². The van der Waals surface area contributed by atoms with E-state index in [1.165, 1.54) is 17.4 Å². The van der Waals surface area contributed by atoms with Gasteiger partial charge in [-0.1, -0.05) is 12.1 Å². The molecule has 0 N–H and O–H groups in total. The molecule has 0 aliphatic heterocycles. The minimum atomic E-state index is -0.0365. The summed E-state index contributed by atoms with van der Waals surface area (Å²) < 4.78 is 11.5. The van der Waals surface area contributed by atoms with Gasteiger partial charge >= 0.3 is 0 Å². The molecular weight excluding hydrogens is 340 g/mol. The van der Waals surface area contributed by atoms with Gasteiger partial charge in [0, 0.05) is 5.56 Å². The van der Waals surface area contributed by atoms with E-state index < -0.39 is 0 Å². The Morgan fingerprint density at radius 2 is 2.00 bits per heavy atom. The Morgan fingerprint density at radius 1 is 1.20 bits per heavy atom. The smallest absolute Gasteiger partial charge is 0.195 e. The van der Waals surface area contributed by atoms with Crippen molar-refractivity contribution in [2.45, 2.75) is 0 Å². The van der Waals surface area contributed by atoms with Crippen LogP contribution in [0.5, 0.6) is 11.5 Å². The third-order valence-corrected chi connectivity index (χ3v) is 4.30.